The van der Waals surface area contributed by atoms with Crippen LogP contribution in [0.1, 0.15) is 41.0 Å². The number of benzene rings is 2. The number of imidazole rings is 1. The lowest BCUT2D eigenvalue weighted by molar-refractivity contribution is 0.172. The van der Waals surface area contributed by atoms with Crippen molar-refractivity contribution in [2.24, 2.45) is 0 Å². The molecule has 0 aliphatic heterocycles. The Morgan fingerprint density at radius 3 is 2.55 bits per heavy atom. The molecule has 0 bridgehead atoms. The highest BCUT2D eigenvalue weighted by molar-refractivity contribution is 8.23. The van der Waals surface area contributed by atoms with Gasteiger partial charge in [0.15, 0.2) is 0 Å². The Labute approximate surface area is 181 Å². The molecule has 2 heterocycles. The molecule has 5 nitrogen and oxygen atoms in total. The topological polar surface area (TPSA) is 80.7 Å². The summed E-state index contributed by atoms with van der Waals surface area (Å²) in [6, 6.07) is 18.7. The van der Waals surface area contributed by atoms with Crippen molar-refractivity contribution in [1.82, 2.24) is 9.38 Å². The third-order valence-electron chi connectivity index (χ3n) is 5.79. The molecule has 4 aromatic rings. The second-order valence-electron chi connectivity index (χ2n) is 8.24. The maximum atomic E-state index is 15.0. The summed E-state index contributed by atoms with van der Waals surface area (Å²) in [4.78, 5) is 4.53. The van der Waals surface area contributed by atoms with Gasteiger partial charge in [0, 0.05) is 23.7 Å². The summed E-state index contributed by atoms with van der Waals surface area (Å²) < 4.78 is 34.4. The van der Waals surface area contributed by atoms with Crippen molar-refractivity contribution in [1.29, 1.82) is 0 Å². The van der Waals surface area contributed by atoms with Crippen molar-refractivity contribution in [3.8, 4) is 11.1 Å². The van der Waals surface area contributed by atoms with E-state index in [1.807, 2.05) is 59.0 Å². The Morgan fingerprint density at radius 2 is 1.87 bits per heavy atom. The number of hydrogen-bond donors (Lipinski definition) is 2. The average Bonchev–Trinajstić information content (AvgIpc) is 3.24. The van der Waals surface area contributed by atoms with Crippen molar-refractivity contribution in [2.45, 2.75) is 24.2 Å². The quantitative estimate of drug-likeness (QED) is 0.450. The molecule has 7 heteroatoms. The predicted molar refractivity (Wildman–Crippen MR) is 122 cm³/mol. The highest BCUT2D eigenvalue weighted by Crippen LogP contribution is 2.44. The largest absolute Gasteiger partial charge is 0.387 e. The lowest BCUT2D eigenvalue weighted by atomic mass is 9.96. The van der Waals surface area contributed by atoms with Crippen LogP contribution < -0.4 is 0 Å². The van der Waals surface area contributed by atoms with Gasteiger partial charge in [-0.2, -0.15) is 0 Å². The zero-order valence-electron chi connectivity index (χ0n) is 17.0. The van der Waals surface area contributed by atoms with Crippen molar-refractivity contribution in [3.05, 3.63) is 95.2 Å². The van der Waals surface area contributed by atoms with Gasteiger partial charge in [0.2, 0.25) is 0 Å². The van der Waals surface area contributed by atoms with Crippen LogP contribution in [0.2, 0.25) is 0 Å². The van der Waals surface area contributed by atoms with Crippen molar-refractivity contribution in [2.75, 3.05) is 6.26 Å². The van der Waals surface area contributed by atoms with E-state index in [2.05, 4.69) is 4.98 Å². The molecule has 1 aliphatic carbocycles. The van der Waals surface area contributed by atoms with Crippen LogP contribution in [-0.2, 0) is 5.75 Å². The minimum Gasteiger partial charge on any atom is -0.387 e. The van der Waals surface area contributed by atoms with E-state index in [-0.39, 0.29) is 17.5 Å². The fraction of sp³-hybridized carbons (Fsp3) is 0.208. The summed E-state index contributed by atoms with van der Waals surface area (Å²) in [5.41, 5.74) is 5.09. The van der Waals surface area contributed by atoms with Crippen LogP contribution >= 0.6 is 10.6 Å². The van der Waals surface area contributed by atoms with E-state index in [1.54, 1.807) is 6.20 Å². The molecule has 2 aromatic heterocycles. The van der Waals surface area contributed by atoms with Crippen LogP contribution in [0.5, 0.6) is 0 Å². The Morgan fingerprint density at radius 1 is 1.16 bits per heavy atom. The van der Waals surface area contributed by atoms with Gasteiger partial charge in [-0.1, -0.05) is 54.6 Å². The molecule has 5 rings (SSSR count). The summed E-state index contributed by atoms with van der Waals surface area (Å²) in [5, 5.41) is 10.6. The first-order chi connectivity index (χ1) is 14.8. The third-order valence-corrected chi connectivity index (χ3v) is 6.69. The SMILES string of the molecule is CS(O)([OH2+])Cc1ccc(-c2cn3c4c(nc3cc2F)[C@H](O)C[C@@H]4c2ccccc2)cc1. The van der Waals surface area contributed by atoms with Crippen LogP contribution in [0.4, 0.5) is 4.39 Å². The standard InChI is InChI=1S/C24H23FN2O3S/c1-31(29,30)14-15-7-9-17(10-8-15)19-13-27-22(12-20(19)25)26-23-21(28)11-18(24(23)27)16-5-3-2-4-6-16/h2-10,12-13,18,21,28-30H,11,14H2,1H3/p+1/t18-,21-/m1/s1. The highest BCUT2D eigenvalue weighted by Gasteiger charge is 2.35. The van der Waals surface area contributed by atoms with E-state index >= 15 is 0 Å². The lowest BCUT2D eigenvalue weighted by Gasteiger charge is -2.22. The fourth-order valence-electron chi connectivity index (χ4n) is 4.44. The van der Waals surface area contributed by atoms with Crippen LogP contribution in [0.15, 0.2) is 66.9 Å². The van der Waals surface area contributed by atoms with E-state index in [1.165, 1.54) is 12.3 Å². The minimum atomic E-state index is -2.39. The van der Waals surface area contributed by atoms with Crippen molar-refractivity contribution < 1.29 is 18.6 Å². The van der Waals surface area contributed by atoms with Gasteiger partial charge in [-0.05, 0) is 23.1 Å². The molecule has 0 radical (unpaired) electrons. The zero-order valence-corrected chi connectivity index (χ0v) is 17.8. The molecule has 160 valence electrons. The monoisotopic (exact) mass is 439 g/mol. The van der Waals surface area contributed by atoms with Gasteiger partial charge >= 0.3 is 0 Å². The molecule has 1 aliphatic rings. The first-order valence-corrected chi connectivity index (χ1v) is 12.2. The Balaban J connectivity index is 1.60. The van der Waals surface area contributed by atoms with Crippen molar-refractivity contribution >= 4 is 16.2 Å². The molecule has 0 saturated heterocycles. The van der Waals surface area contributed by atoms with E-state index in [0.717, 1.165) is 16.8 Å². The smallest absolute Gasteiger partial charge is 0.140 e. The Bertz CT molecular complexity index is 1250. The van der Waals surface area contributed by atoms with Gasteiger partial charge in [0.25, 0.3) is 0 Å². The molecule has 0 spiro atoms. The summed E-state index contributed by atoms with van der Waals surface area (Å²) >= 11 is 0. The number of nitrogens with zero attached hydrogens (tertiary/aromatic N) is 2. The Hall–Kier alpha value is -2.71. The fourth-order valence-corrected chi connectivity index (χ4v) is 5.28. The van der Waals surface area contributed by atoms with E-state index in [0.29, 0.717) is 28.9 Å². The van der Waals surface area contributed by atoms with Gasteiger partial charge in [-0.15, -0.1) is 10.6 Å². The Kier molecular flexibility index (Phi) is 4.86. The van der Waals surface area contributed by atoms with Crippen LogP contribution in [0, 0.1) is 5.82 Å². The predicted octanol–water partition coefficient (Wildman–Crippen LogP) is 4.76. The number of pyridine rings is 1. The minimum absolute atomic E-state index is 0.0100. The molecule has 3 atom stereocenters. The van der Waals surface area contributed by atoms with Crippen LogP contribution in [-0.4, -0.2) is 29.9 Å². The number of fused-ring (bicyclic) bond motifs is 3. The summed E-state index contributed by atoms with van der Waals surface area (Å²) in [7, 11) is -2.39. The zero-order chi connectivity index (χ0) is 21.8. The average molecular weight is 440 g/mol. The van der Waals surface area contributed by atoms with Gasteiger partial charge in [-0.25, -0.2) is 9.37 Å². The molecule has 31 heavy (non-hydrogen) atoms. The summed E-state index contributed by atoms with van der Waals surface area (Å²) in [6.07, 6.45) is 3.16. The summed E-state index contributed by atoms with van der Waals surface area (Å²) in [5.74, 6) is -0.113. The highest BCUT2D eigenvalue weighted by atomic mass is 32.3. The number of aliphatic hydroxyl groups excluding tert-OH is 1. The number of hydrogen-bond acceptors (Lipinski definition) is 3. The van der Waals surface area contributed by atoms with Gasteiger partial charge in [0.05, 0.1) is 23.7 Å². The molecule has 2 aromatic carbocycles. The number of rotatable bonds is 4. The molecular formula is C24H24FN2O3S+. The molecule has 0 fully saturated rings. The molecule has 1 unspecified atom stereocenters. The third kappa shape index (κ3) is 3.74. The molecule has 0 amide bonds. The van der Waals surface area contributed by atoms with Crippen LogP contribution in [0.3, 0.4) is 0 Å². The molecular weight excluding hydrogens is 415 g/mol. The van der Waals surface area contributed by atoms with E-state index in [9.17, 15) is 14.0 Å². The van der Waals surface area contributed by atoms with Gasteiger partial charge < -0.3 is 14.1 Å². The van der Waals surface area contributed by atoms with Crippen molar-refractivity contribution in [3.63, 3.8) is 0 Å². The van der Waals surface area contributed by atoms with Gasteiger partial charge in [-0.3, -0.25) is 4.55 Å². The first-order valence-electron chi connectivity index (χ1n) is 10.1. The maximum absolute atomic E-state index is 15.0. The van der Waals surface area contributed by atoms with E-state index in [4.69, 9.17) is 4.55 Å². The number of aromatic nitrogens is 2. The normalized spacial score (nSPS) is 21.1. The lowest BCUT2D eigenvalue weighted by Crippen LogP contribution is -2.03. The molecule has 0 saturated carbocycles. The summed E-state index contributed by atoms with van der Waals surface area (Å²) in [6.45, 7) is 0. The number of aliphatic hydroxyl groups is 1. The maximum Gasteiger partial charge on any atom is 0.140 e. The second-order valence-corrected chi connectivity index (χ2v) is 10.6. The molecule has 4 N–H and O–H groups in total. The van der Waals surface area contributed by atoms with Crippen LogP contribution in [0.25, 0.3) is 16.8 Å². The second kappa shape index (κ2) is 7.46. The first kappa shape index (κ1) is 20.2. The number of halogens is 1. The van der Waals surface area contributed by atoms with E-state index < -0.39 is 16.7 Å². The van der Waals surface area contributed by atoms with Gasteiger partial charge in [0.1, 0.15) is 17.2 Å².